The average Bonchev–Trinajstić information content (AvgIpc) is 2.60. The van der Waals surface area contributed by atoms with Crippen LogP contribution < -0.4 is 10.1 Å². The van der Waals surface area contributed by atoms with Crippen LogP contribution in [0.4, 0.5) is 29.2 Å². The Kier molecular flexibility index (Phi) is 4.56. The Morgan fingerprint density at radius 2 is 1.89 bits per heavy atom. The van der Waals surface area contributed by atoms with Crippen LogP contribution >= 0.6 is 0 Å². The minimum Gasteiger partial charge on any atom is -0.496 e. The van der Waals surface area contributed by atoms with Crippen LogP contribution in [0, 0.1) is 5.82 Å². The summed E-state index contributed by atoms with van der Waals surface area (Å²) in [6.45, 7) is 0. The number of rotatable bonds is 4. The third-order valence-corrected chi connectivity index (χ3v) is 3.61. The summed E-state index contributed by atoms with van der Waals surface area (Å²) in [7, 11) is 1.26. The van der Waals surface area contributed by atoms with E-state index in [0.29, 0.717) is 6.07 Å². The lowest BCUT2D eigenvalue weighted by Gasteiger charge is -2.13. The summed E-state index contributed by atoms with van der Waals surface area (Å²) >= 11 is 0. The van der Waals surface area contributed by atoms with Crippen molar-refractivity contribution in [2.24, 2.45) is 0 Å². The third kappa shape index (κ3) is 3.73. The zero-order chi connectivity index (χ0) is 19.8. The molecule has 0 bridgehead atoms. The number of aromatic nitrogens is 2. The second-order valence-electron chi connectivity index (χ2n) is 5.40. The largest absolute Gasteiger partial charge is 0.496 e. The number of hydrogen-bond acceptors (Lipinski definition) is 5. The maximum Gasteiger partial charge on any atom is 0.434 e. The van der Waals surface area contributed by atoms with Gasteiger partial charge in [0, 0.05) is 17.1 Å². The highest BCUT2D eigenvalue weighted by Crippen LogP contribution is 2.34. The number of aromatic carboxylic acids is 1. The van der Waals surface area contributed by atoms with Crippen molar-refractivity contribution in [1.29, 1.82) is 0 Å². The molecule has 0 fully saturated rings. The van der Waals surface area contributed by atoms with Crippen LogP contribution in [0.3, 0.4) is 0 Å². The van der Waals surface area contributed by atoms with E-state index in [9.17, 15) is 22.4 Å². The number of fused-ring (bicyclic) bond motifs is 1. The first-order valence-corrected chi connectivity index (χ1v) is 7.42. The minimum atomic E-state index is -4.82. The summed E-state index contributed by atoms with van der Waals surface area (Å²) in [5.41, 5.74) is -1.29. The fourth-order valence-electron chi connectivity index (χ4n) is 2.45. The van der Waals surface area contributed by atoms with Gasteiger partial charge >= 0.3 is 12.1 Å². The summed E-state index contributed by atoms with van der Waals surface area (Å²) in [4.78, 5) is 18.5. The monoisotopic (exact) mass is 381 g/mol. The Labute approximate surface area is 149 Å². The molecule has 10 heteroatoms. The zero-order valence-electron chi connectivity index (χ0n) is 13.6. The van der Waals surface area contributed by atoms with Gasteiger partial charge in [-0.2, -0.15) is 13.2 Å². The Morgan fingerprint density at radius 1 is 1.15 bits per heavy atom. The number of halogens is 4. The number of hydrogen-bond donors (Lipinski definition) is 2. The standard InChI is InChI=1S/C17H11F4N3O3/c1-27-13-7-9(3-4-10(13)15(25)26)22-16-23-12-5-2-8(18)6-11(12)14(24-16)17(19,20)21/h2-7H,1H3,(H,25,26)(H,22,23,24). The van der Waals surface area contributed by atoms with Crippen molar-refractivity contribution in [3.63, 3.8) is 0 Å². The molecule has 0 amide bonds. The molecule has 1 aromatic heterocycles. The molecule has 0 saturated heterocycles. The zero-order valence-corrected chi connectivity index (χ0v) is 13.6. The van der Waals surface area contributed by atoms with Crippen LogP contribution in [-0.4, -0.2) is 28.2 Å². The molecule has 0 atom stereocenters. The first-order valence-electron chi connectivity index (χ1n) is 7.42. The van der Waals surface area contributed by atoms with Gasteiger partial charge in [-0.15, -0.1) is 0 Å². The summed E-state index contributed by atoms with van der Waals surface area (Å²) < 4.78 is 58.2. The molecule has 2 aromatic carbocycles. The Morgan fingerprint density at radius 3 is 2.52 bits per heavy atom. The molecular formula is C17H11F4N3O3. The summed E-state index contributed by atoms with van der Waals surface area (Å²) in [6, 6.07) is 6.66. The summed E-state index contributed by atoms with van der Waals surface area (Å²) in [5, 5.41) is 11.2. The van der Waals surface area contributed by atoms with Crippen LogP contribution in [0.5, 0.6) is 5.75 Å². The summed E-state index contributed by atoms with van der Waals surface area (Å²) in [6.07, 6.45) is -4.82. The first-order chi connectivity index (χ1) is 12.7. The molecule has 0 radical (unpaired) electrons. The van der Waals surface area contributed by atoms with E-state index in [4.69, 9.17) is 9.84 Å². The highest BCUT2D eigenvalue weighted by molar-refractivity contribution is 5.91. The quantitative estimate of drug-likeness (QED) is 0.658. The molecule has 27 heavy (non-hydrogen) atoms. The van der Waals surface area contributed by atoms with Crippen molar-refractivity contribution in [3.8, 4) is 5.75 Å². The van der Waals surface area contributed by atoms with Gasteiger partial charge in [0.2, 0.25) is 5.95 Å². The van der Waals surface area contributed by atoms with Crippen LogP contribution in [-0.2, 0) is 6.18 Å². The van der Waals surface area contributed by atoms with Crippen molar-refractivity contribution in [2.45, 2.75) is 6.18 Å². The van der Waals surface area contributed by atoms with Gasteiger partial charge in [-0.3, -0.25) is 0 Å². The highest BCUT2D eigenvalue weighted by Gasteiger charge is 2.35. The molecule has 1 heterocycles. The van der Waals surface area contributed by atoms with E-state index in [0.717, 1.165) is 12.1 Å². The topological polar surface area (TPSA) is 84.3 Å². The van der Waals surface area contributed by atoms with Crippen molar-refractivity contribution < 1.29 is 32.2 Å². The van der Waals surface area contributed by atoms with Gasteiger partial charge < -0.3 is 15.2 Å². The third-order valence-electron chi connectivity index (χ3n) is 3.61. The average molecular weight is 381 g/mol. The number of carboxylic acid groups (broad SMARTS) is 1. The van der Waals surface area contributed by atoms with E-state index in [1.165, 1.54) is 25.3 Å². The molecular weight excluding hydrogens is 370 g/mol. The first kappa shape index (κ1) is 18.4. The molecule has 0 spiro atoms. The molecule has 2 N–H and O–H groups in total. The molecule has 0 aliphatic rings. The number of benzene rings is 2. The number of ether oxygens (including phenoxy) is 1. The second kappa shape index (κ2) is 6.71. The Hall–Kier alpha value is -3.43. The fraction of sp³-hybridized carbons (Fsp3) is 0.118. The maximum absolute atomic E-state index is 13.3. The molecule has 0 unspecified atom stereocenters. The highest BCUT2D eigenvalue weighted by atomic mass is 19.4. The van der Waals surface area contributed by atoms with E-state index >= 15 is 0 Å². The van der Waals surface area contributed by atoms with E-state index in [-0.39, 0.29) is 28.5 Å². The molecule has 0 aliphatic carbocycles. The SMILES string of the molecule is COc1cc(Nc2nc(C(F)(F)F)c3cc(F)ccc3n2)ccc1C(=O)O. The van der Waals surface area contributed by atoms with E-state index in [2.05, 4.69) is 15.3 Å². The predicted molar refractivity (Wildman–Crippen MR) is 87.7 cm³/mol. The van der Waals surface area contributed by atoms with Gasteiger partial charge in [0.1, 0.15) is 17.1 Å². The van der Waals surface area contributed by atoms with Crippen molar-refractivity contribution in [3.05, 3.63) is 53.5 Å². The van der Waals surface area contributed by atoms with Crippen molar-refractivity contribution >= 4 is 28.5 Å². The molecule has 0 aliphatic heterocycles. The van der Waals surface area contributed by atoms with E-state index in [1.54, 1.807) is 0 Å². The Balaban J connectivity index is 2.08. The number of anilines is 2. The van der Waals surface area contributed by atoms with Gasteiger partial charge in [-0.1, -0.05) is 0 Å². The van der Waals surface area contributed by atoms with Gasteiger partial charge in [0.15, 0.2) is 5.69 Å². The number of nitrogens with zero attached hydrogens (tertiary/aromatic N) is 2. The molecule has 0 saturated carbocycles. The lowest BCUT2D eigenvalue weighted by Crippen LogP contribution is -2.12. The van der Waals surface area contributed by atoms with Gasteiger partial charge in [-0.25, -0.2) is 19.2 Å². The number of alkyl halides is 3. The van der Waals surface area contributed by atoms with Crippen molar-refractivity contribution in [1.82, 2.24) is 9.97 Å². The molecule has 6 nitrogen and oxygen atoms in total. The minimum absolute atomic E-state index is 0.00593. The smallest absolute Gasteiger partial charge is 0.434 e. The Bertz CT molecular complexity index is 1040. The molecule has 3 rings (SSSR count). The summed E-state index contributed by atoms with van der Waals surface area (Å²) in [5.74, 6) is -2.44. The number of nitrogens with one attached hydrogen (secondary N) is 1. The maximum atomic E-state index is 13.3. The lowest BCUT2D eigenvalue weighted by molar-refractivity contribution is -0.139. The van der Waals surface area contributed by atoms with E-state index in [1.807, 2.05) is 0 Å². The van der Waals surface area contributed by atoms with E-state index < -0.39 is 29.0 Å². The lowest BCUT2D eigenvalue weighted by atomic mass is 10.1. The number of carboxylic acids is 1. The fourth-order valence-corrected chi connectivity index (χ4v) is 2.45. The van der Waals surface area contributed by atoms with Gasteiger partial charge in [-0.05, 0) is 30.3 Å². The van der Waals surface area contributed by atoms with Crippen LogP contribution in [0.25, 0.3) is 10.9 Å². The second-order valence-corrected chi connectivity index (χ2v) is 5.40. The van der Waals surface area contributed by atoms with Crippen molar-refractivity contribution in [2.75, 3.05) is 12.4 Å². The number of methoxy groups -OCH3 is 1. The van der Waals surface area contributed by atoms with Crippen LogP contribution in [0.1, 0.15) is 16.1 Å². The van der Waals surface area contributed by atoms with Crippen LogP contribution in [0.15, 0.2) is 36.4 Å². The van der Waals surface area contributed by atoms with Gasteiger partial charge in [0.25, 0.3) is 0 Å². The molecule has 140 valence electrons. The van der Waals surface area contributed by atoms with Crippen LogP contribution in [0.2, 0.25) is 0 Å². The normalized spacial score (nSPS) is 11.4. The number of carbonyl (C=O) groups is 1. The predicted octanol–water partition coefficient (Wildman–Crippen LogP) is 4.24. The molecule has 3 aromatic rings. The van der Waals surface area contributed by atoms with Gasteiger partial charge in [0.05, 0.1) is 12.6 Å².